The van der Waals surface area contributed by atoms with Gasteiger partial charge in [-0.05, 0) is 43.4 Å². The van der Waals surface area contributed by atoms with Gasteiger partial charge in [-0.25, -0.2) is 0 Å². The largest absolute Gasteiger partial charge is 0.311 e. The third-order valence-electron chi connectivity index (χ3n) is 5.34. The van der Waals surface area contributed by atoms with Crippen molar-refractivity contribution in [3.05, 3.63) is 0 Å². The Kier molecular flexibility index (Phi) is 4.94. The average Bonchev–Trinajstić information content (AvgIpc) is 2.35. The van der Waals surface area contributed by atoms with Crippen molar-refractivity contribution in [2.75, 3.05) is 13.1 Å². The fraction of sp³-hybridized carbons (Fsp3) is 1.00. The van der Waals surface area contributed by atoms with E-state index < -0.39 is 0 Å². The van der Waals surface area contributed by atoms with E-state index in [9.17, 15) is 0 Å². The Hall–Kier alpha value is -0.0800. The van der Waals surface area contributed by atoms with Crippen molar-refractivity contribution in [2.24, 2.45) is 11.3 Å². The standard InChI is InChI=1S/C17H34N2/c1-6-14-12-19(15(7-2)11-18-14)16-8-13(3)9-17(4,5)10-16/h13-16,18H,6-12H2,1-5H3. The maximum Gasteiger partial charge on any atom is 0.0221 e. The molecule has 1 saturated heterocycles. The molecule has 0 aromatic carbocycles. The molecule has 0 bridgehead atoms. The van der Waals surface area contributed by atoms with Crippen LogP contribution < -0.4 is 5.32 Å². The van der Waals surface area contributed by atoms with Crippen molar-refractivity contribution in [1.82, 2.24) is 10.2 Å². The molecule has 2 fully saturated rings. The van der Waals surface area contributed by atoms with Gasteiger partial charge in [0, 0.05) is 31.2 Å². The Morgan fingerprint density at radius 1 is 1.16 bits per heavy atom. The Balaban J connectivity index is 2.07. The molecular formula is C17H34N2. The Labute approximate surface area is 120 Å². The van der Waals surface area contributed by atoms with E-state index in [0.29, 0.717) is 11.5 Å². The van der Waals surface area contributed by atoms with Crippen LogP contribution in [0.4, 0.5) is 0 Å². The predicted octanol–water partition coefficient (Wildman–Crippen LogP) is 3.66. The van der Waals surface area contributed by atoms with Crippen LogP contribution in [-0.2, 0) is 0 Å². The van der Waals surface area contributed by atoms with E-state index in [1.165, 1.54) is 45.2 Å². The molecule has 4 unspecified atom stereocenters. The van der Waals surface area contributed by atoms with Gasteiger partial charge in [0.2, 0.25) is 0 Å². The van der Waals surface area contributed by atoms with E-state index in [-0.39, 0.29) is 0 Å². The van der Waals surface area contributed by atoms with Crippen molar-refractivity contribution >= 4 is 0 Å². The van der Waals surface area contributed by atoms with Crippen molar-refractivity contribution in [3.8, 4) is 0 Å². The number of hydrogen-bond acceptors (Lipinski definition) is 2. The van der Waals surface area contributed by atoms with Crippen LogP contribution in [0, 0.1) is 11.3 Å². The van der Waals surface area contributed by atoms with Crippen LogP contribution in [0.5, 0.6) is 0 Å². The lowest BCUT2D eigenvalue weighted by atomic mass is 9.70. The normalized spacial score (nSPS) is 40.3. The fourth-order valence-electron chi connectivity index (χ4n) is 4.54. The van der Waals surface area contributed by atoms with E-state index in [4.69, 9.17) is 0 Å². The van der Waals surface area contributed by atoms with E-state index in [1.807, 2.05) is 0 Å². The maximum atomic E-state index is 3.73. The van der Waals surface area contributed by atoms with Crippen LogP contribution in [0.2, 0.25) is 0 Å². The van der Waals surface area contributed by atoms with Gasteiger partial charge in [-0.2, -0.15) is 0 Å². The minimum Gasteiger partial charge on any atom is -0.311 e. The summed E-state index contributed by atoms with van der Waals surface area (Å²) in [4.78, 5) is 2.86. The summed E-state index contributed by atoms with van der Waals surface area (Å²) in [6.07, 6.45) is 6.76. The number of nitrogens with one attached hydrogen (secondary N) is 1. The van der Waals surface area contributed by atoms with Gasteiger partial charge in [-0.15, -0.1) is 0 Å². The zero-order valence-electron chi connectivity index (χ0n) is 13.7. The molecule has 0 amide bonds. The second-order valence-electron chi connectivity index (χ2n) is 7.84. The molecule has 2 nitrogen and oxygen atoms in total. The first-order chi connectivity index (χ1) is 8.95. The molecule has 2 aliphatic rings. The summed E-state index contributed by atoms with van der Waals surface area (Å²) in [5.41, 5.74) is 0.535. The molecule has 0 aromatic rings. The molecule has 2 heteroatoms. The van der Waals surface area contributed by atoms with Crippen LogP contribution in [0.25, 0.3) is 0 Å². The molecule has 1 saturated carbocycles. The third kappa shape index (κ3) is 3.72. The molecule has 0 spiro atoms. The smallest absolute Gasteiger partial charge is 0.0221 e. The fourth-order valence-corrected chi connectivity index (χ4v) is 4.54. The van der Waals surface area contributed by atoms with Crippen LogP contribution in [0.15, 0.2) is 0 Å². The molecule has 1 aliphatic carbocycles. The van der Waals surface area contributed by atoms with Crippen molar-refractivity contribution < 1.29 is 0 Å². The molecule has 1 aliphatic heterocycles. The SMILES string of the molecule is CCC1CN(C2CC(C)CC(C)(C)C2)C(CC)CN1. The second-order valence-corrected chi connectivity index (χ2v) is 7.84. The van der Waals surface area contributed by atoms with Crippen LogP contribution in [0.1, 0.15) is 66.7 Å². The third-order valence-corrected chi connectivity index (χ3v) is 5.34. The summed E-state index contributed by atoms with van der Waals surface area (Å²) in [5, 5.41) is 3.73. The topological polar surface area (TPSA) is 15.3 Å². The van der Waals surface area contributed by atoms with Gasteiger partial charge in [0.1, 0.15) is 0 Å². The Morgan fingerprint density at radius 3 is 2.47 bits per heavy atom. The summed E-state index contributed by atoms with van der Waals surface area (Å²) in [7, 11) is 0. The Bertz CT molecular complexity index is 287. The number of piperazine rings is 1. The highest BCUT2D eigenvalue weighted by molar-refractivity contribution is 4.94. The van der Waals surface area contributed by atoms with Crippen LogP contribution >= 0.6 is 0 Å². The average molecular weight is 266 g/mol. The Morgan fingerprint density at radius 2 is 1.89 bits per heavy atom. The van der Waals surface area contributed by atoms with Gasteiger partial charge in [0.05, 0.1) is 0 Å². The monoisotopic (exact) mass is 266 g/mol. The number of rotatable bonds is 3. The first-order valence-corrected chi connectivity index (χ1v) is 8.44. The molecule has 4 atom stereocenters. The van der Waals surface area contributed by atoms with Gasteiger partial charge in [0.25, 0.3) is 0 Å². The first-order valence-electron chi connectivity index (χ1n) is 8.44. The molecule has 19 heavy (non-hydrogen) atoms. The van der Waals surface area contributed by atoms with E-state index in [1.54, 1.807) is 0 Å². The minimum atomic E-state index is 0.535. The maximum absolute atomic E-state index is 3.73. The molecule has 112 valence electrons. The quantitative estimate of drug-likeness (QED) is 0.838. The van der Waals surface area contributed by atoms with Gasteiger partial charge in [-0.1, -0.05) is 34.6 Å². The van der Waals surface area contributed by atoms with Gasteiger partial charge in [-0.3, -0.25) is 4.90 Å². The molecular weight excluding hydrogens is 232 g/mol. The van der Waals surface area contributed by atoms with Crippen molar-refractivity contribution in [3.63, 3.8) is 0 Å². The van der Waals surface area contributed by atoms with E-state index in [0.717, 1.165) is 18.0 Å². The zero-order valence-corrected chi connectivity index (χ0v) is 13.7. The number of hydrogen-bond donors (Lipinski definition) is 1. The van der Waals surface area contributed by atoms with Gasteiger partial charge < -0.3 is 5.32 Å². The lowest BCUT2D eigenvalue weighted by molar-refractivity contribution is 0.0133. The van der Waals surface area contributed by atoms with Crippen LogP contribution in [-0.4, -0.2) is 36.1 Å². The number of nitrogens with zero attached hydrogens (tertiary/aromatic N) is 1. The second kappa shape index (κ2) is 6.13. The summed E-state index contributed by atoms with van der Waals surface area (Å²) >= 11 is 0. The van der Waals surface area contributed by atoms with Gasteiger partial charge >= 0.3 is 0 Å². The highest BCUT2D eigenvalue weighted by Crippen LogP contribution is 2.41. The van der Waals surface area contributed by atoms with Gasteiger partial charge in [0.15, 0.2) is 0 Å². The summed E-state index contributed by atoms with van der Waals surface area (Å²) in [6, 6.07) is 2.29. The van der Waals surface area contributed by atoms with E-state index >= 15 is 0 Å². The van der Waals surface area contributed by atoms with Crippen molar-refractivity contribution in [2.45, 2.75) is 84.8 Å². The zero-order chi connectivity index (χ0) is 14.0. The highest BCUT2D eigenvalue weighted by atomic mass is 15.3. The lowest BCUT2D eigenvalue weighted by Crippen LogP contribution is -2.60. The molecule has 0 aromatic heterocycles. The van der Waals surface area contributed by atoms with E-state index in [2.05, 4.69) is 44.8 Å². The lowest BCUT2D eigenvalue weighted by Gasteiger charge is -2.50. The molecule has 0 radical (unpaired) electrons. The predicted molar refractivity (Wildman–Crippen MR) is 83.5 cm³/mol. The first kappa shape index (κ1) is 15.3. The highest BCUT2D eigenvalue weighted by Gasteiger charge is 2.38. The summed E-state index contributed by atoms with van der Waals surface area (Å²) in [6.45, 7) is 14.5. The summed E-state index contributed by atoms with van der Waals surface area (Å²) in [5.74, 6) is 0.890. The minimum absolute atomic E-state index is 0.535. The molecule has 1 N–H and O–H groups in total. The molecule has 2 rings (SSSR count). The van der Waals surface area contributed by atoms with Crippen molar-refractivity contribution in [1.29, 1.82) is 0 Å². The molecule has 1 heterocycles. The van der Waals surface area contributed by atoms with Crippen LogP contribution in [0.3, 0.4) is 0 Å². The summed E-state index contributed by atoms with van der Waals surface area (Å²) < 4.78 is 0.